The van der Waals surface area contributed by atoms with E-state index >= 15 is 0 Å². The monoisotopic (exact) mass is 364 g/mol. The van der Waals surface area contributed by atoms with Gasteiger partial charge < -0.3 is 15.0 Å². The van der Waals surface area contributed by atoms with Crippen molar-refractivity contribution < 1.29 is 9.53 Å². The van der Waals surface area contributed by atoms with Gasteiger partial charge in [-0.2, -0.15) is 0 Å². The number of ether oxygens (including phenoxy) is 1. The van der Waals surface area contributed by atoms with Crippen LogP contribution in [0.15, 0.2) is 30.3 Å². The van der Waals surface area contributed by atoms with Gasteiger partial charge in [0.1, 0.15) is 12.4 Å². The molecule has 0 spiro atoms. The van der Waals surface area contributed by atoms with Gasteiger partial charge in [-0.1, -0.05) is 12.1 Å². The molecular formula is C18H21ClN2O2S. The molecule has 128 valence electrons. The molecule has 1 saturated heterocycles. The highest BCUT2D eigenvalue weighted by Gasteiger charge is 2.27. The molecule has 0 saturated carbocycles. The summed E-state index contributed by atoms with van der Waals surface area (Å²) in [5.74, 6) is 1.07. The quantitative estimate of drug-likeness (QED) is 0.886. The summed E-state index contributed by atoms with van der Waals surface area (Å²) in [5, 5.41) is 3.29. The van der Waals surface area contributed by atoms with Gasteiger partial charge in [-0.3, -0.25) is 4.79 Å². The summed E-state index contributed by atoms with van der Waals surface area (Å²) in [4.78, 5) is 16.8. The molecule has 1 N–H and O–H groups in total. The molecule has 1 aromatic heterocycles. The molecule has 0 radical (unpaired) electrons. The number of para-hydroxylation sites is 1. The Morgan fingerprint density at radius 1 is 1.38 bits per heavy atom. The Kier molecular flexibility index (Phi) is 5.13. The Labute approximate surface area is 152 Å². The Morgan fingerprint density at radius 2 is 2.21 bits per heavy atom. The zero-order valence-corrected chi connectivity index (χ0v) is 15.2. The fourth-order valence-electron chi connectivity index (χ4n) is 3.36. The number of nitrogens with one attached hydrogen (secondary N) is 1. The van der Waals surface area contributed by atoms with E-state index in [1.807, 2.05) is 36.2 Å². The molecule has 24 heavy (non-hydrogen) atoms. The third-order valence-electron chi connectivity index (χ3n) is 4.65. The minimum atomic E-state index is 0. The summed E-state index contributed by atoms with van der Waals surface area (Å²) in [6.07, 6.45) is 2.21. The summed E-state index contributed by atoms with van der Waals surface area (Å²) in [7, 11) is 1.97. The van der Waals surface area contributed by atoms with Crippen LogP contribution in [0, 0.1) is 0 Å². The Morgan fingerprint density at radius 3 is 3.04 bits per heavy atom. The maximum atomic E-state index is 12.9. The maximum absolute atomic E-state index is 12.9. The van der Waals surface area contributed by atoms with Crippen LogP contribution in [-0.2, 0) is 6.61 Å². The number of carbonyl (C=O) groups excluding carboxylic acids is 1. The normalized spacial score (nSPS) is 18.9. The van der Waals surface area contributed by atoms with E-state index in [9.17, 15) is 4.79 Å². The van der Waals surface area contributed by atoms with Gasteiger partial charge in [0, 0.05) is 35.1 Å². The van der Waals surface area contributed by atoms with Crippen LogP contribution in [0.2, 0.25) is 0 Å². The zero-order valence-electron chi connectivity index (χ0n) is 13.6. The van der Waals surface area contributed by atoms with Gasteiger partial charge >= 0.3 is 0 Å². The fraction of sp³-hybridized carbons (Fsp3) is 0.389. The summed E-state index contributed by atoms with van der Waals surface area (Å²) < 4.78 is 5.79. The maximum Gasteiger partial charge on any atom is 0.264 e. The van der Waals surface area contributed by atoms with E-state index in [1.165, 1.54) is 4.88 Å². The molecule has 4 nitrogen and oxygen atoms in total. The second kappa shape index (κ2) is 7.13. The first-order chi connectivity index (χ1) is 11.3. The lowest BCUT2D eigenvalue weighted by atomic mass is 10.1. The topological polar surface area (TPSA) is 41.6 Å². The molecule has 0 bridgehead atoms. The number of nitrogens with zero attached hydrogens (tertiary/aromatic N) is 1. The predicted molar refractivity (Wildman–Crippen MR) is 99.3 cm³/mol. The van der Waals surface area contributed by atoms with Crippen molar-refractivity contribution >= 4 is 29.7 Å². The molecule has 0 aliphatic carbocycles. The van der Waals surface area contributed by atoms with Crippen molar-refractivity contribution in [2.24, 2.45) is 0 Å². The third kappa shape index (κ3) is 3.04. The van der Waals surface area contributed by atoms with E-state index in [-0.39, 0.29) is 18.3 Å². The van der Waals surface area contributed by atoms with Gasteiger partial charge in [0.15, 0.2) is 0 Å². The van der Waals surface area contributed by atoms with Gasteiger partial charge in [0.05, 0.1) is 4.88 Å². The lowest BCUT2D eigenvalue weighted by Gasteiger charge is -2.32. The number of hydrogen-bond donors (Lipinski definition) is 1. The molecule has 1 atom stereocenters. The number of fused-ring (bicyclic) bond motifs is 3. The van der Waals surface area contributed by atoms with Crippen LogP contribution in [0.4, 0.5) is 0 Å². The molecule has 2 aliphatic heterocycles. The van der Waals surface area contributed by atoms with Crippen LogP contribution in [0.25, 0.3) is 10.4 Å². The van der Waals surface area contributed by atoms with E-state index in [0.717, 1.165) is 47.7 Å². The number of likely N-dealkylation sites (tertiary alicyclic amines) is 1. The van der Waals surface area contributed by atoms with Crippen LogP contribution < -0.4 is 10.1 Å². The van der Waals surface area contributed by atoms with E-state index in [4.69, 9.17) is 4.74 Å². The smallest absolute Gasteiger partial charge is 0.264 e. The van der Waals surface area contributed by atoms with Crippen molar-refractivity contribution in [3.05, 3.63) is 40.8 Å². The van der Waals surface area contributed by atoms with Gasteiger partial charge in [-0.05, 0) is 38.1 Å². The van der Waals surface area contributed by atoms with Crippen LogP contribution in [0.5, 0.6) is 5.75 Å². The van der Waals surface area contributed by atoms with E-state index in [2.05, 4.69) is 11.4 Å². The standard InChI is InChI=1S/C18H20N2O2S.ClH/c1-19-13-5-4-8-20(10-13)18(21)16-9-12-11-22-15-7-3-2-6-14(15)17(12)23-16;/h2-3,6-7,9,13,19H,4-5,8,10-11H2,1H3;1H. The fourth-order valence-corrected chi connectivity index (χ4v) is 4.52. The molecule has 1 fully saturated rings. The summed E-state index contributed by atoms with van der Waals surface area (Å²) >= 11 is 1.60. The third-order valence-corrected chi connectivity index (χ3v) is 5.85. The first kappa shape index (κ1) is 17.3. The number of benzene rings is 1. The van der Waals surface area contributed by atoms with Gasteiger partial charge in [0.25, 0.3) is 5.91 Å². The Bertz CT molecular complexity index is 746. The first-order valence-electron chi connectivity index (χ1n) is 8.07. The second-order valence-corrected chi connectivity index (χ2v) is 7.18. The molecule has 1 amide bonds. The van der Waals surface area contributed by atoms with Crippen molar-refractivity contribution in [2.75, 3.05) is 20.1 Å². The van der Waals surface area contributed by atoms with Gasteiger partial charge in [-0.25, -0.2) is 0 Å². The van der Waals surface area contributed by atoms with Crippen LogP contribution in [0.3, 0.4) is 0 Å². The van der Waals surface area contributed by atoms with Crippen molar-refractivity contribution in [2.45, 2.75) is 25.5 Å². The molecule has 3 heterocycles. The summed E-state index contributed by atoms with van der Waals surface area (Å²) in [6.45, 7) is 2.20. The average molecular weight is 365 g/mol. The lowest BCUT2D eigenvalue weighted by molar-refractivity contribution is 0.0703. The Balaban J connectivity index is 0.00000169. The van der Waals surface area contributed by atoms with E-state index in [0.29, 0.717) is 12.6 Å². The predicted octanol–water partition coefficient (Wildman–Crippen LogP) is 3.55. The SMILES string of the molecule is CNC1CCCN(C(=O)c2cc3c(s2)-c2ccccc2OC3)C1.Cl. The molecular weight excluding hydrogens is 344 g/mol. The van der Waals surface area contributed by atoms with Crippen molar-refractivity contribution in [1.29, 1.82) is 0 Å². The van der Waals surface area contributed by atoms with Crippen LogP contribution >= 0.6 is 23.7 Å². The minimum absolute atomic E-state index is 0. The number of rotatable bonds is 2. The number of thiophene rings is 1. The van der Waals surface area contributed by atoms with E-state index in [1.54, 1.807) is 11.3 Å². The first-order valence-corrected chi connectivity index (χ1v) is 8.89. The van der Waals surface area contributed by atoms with Gasteiger partial charge in [0.2, 0.25) is 0 Å². The van der Waals surface area contributed by atoms with E-state index < -0.39 is 0 Å². The molecule has 2 aliphatic rings. The summed E-state index contributed by atoms with van der Waals surface area (Å²) in [5.41, 5.74) is 2.23. The average Bonchev–Trinajstić information content (AvgIpc) is 3.06. The van der Waals surface area contributed by atoms with Crippen LogP contribution in [-0.4, -0.2) is 37.0 Å². The summed E-state index contributed by atoms with van der Waals surface area (Å²) in [6, 6.07) is 10.5. The number of piperidine rings is 1. The second-order valence-electron chi connectivity index (χ2n) is 6.13. The van der Waals surface area contributed by atoms with Crippen molar-refractivity contribution in [3.63, 3.8) is 0 Å². The molecule has 1 unspecified atom stereocenters. The van der Waals surface area contributed by atoms with Gasteiger partial charge in [-0.15, -0.1) is 23.7 Å². The number of likely N-dealkylation sites (N-methyl/N-ethyl adjacent to an activating group) is 1. The molecule has 4 rings (SSSR count). The van der Waals surface area contributed by atoms with Crippen molar-refractivity contribution in [1.82, 2.24) is 10.2 Å². The highest BCUT2D eigenvalue weighted by atomic mass is 35.5. The van der Waals surface area contributed by atoms with Crippen molar-refractivity contribution in [3.8, 4) is 16.2 Å². The molecule has 2 aromatic rings. The minimum Gasteiger partial charge on any atom is -0.488 e. The highest BCUT2D eigenvalue weighted by molar-refractivity contribution is 7.17. The molecule has 1 aromatic carbocycles. The number of halogens is 1. The lowest BCUT2D eigenvalue weighted by Crippen LogP contribution is -2.46. The number of hydrogen-bond acceptors (Lipinski definition) is 4. The Hall–Kier alpha value is -1.56. The van der Waals surface area contributed by atoms with Crippen LogP contribution in [0.1, 0.15) is 28.1 Å². The number of amides is 1. The largest absolute Gasteiger partial charge is 0.488 e. The number of carbonyl (C=O) groups is 1. The molecule has 6 heteroatoms. The zero-order chi connectivity index (χ0) is 15.8. The highest BCUT2D eigenvalue weighted by Crippen LogP contribution is 2.42.